The molecule has 0 aliphatic carbocycles. The van der Waals surface area contributed by atoms with Crippen molar-refractivity contribution >= 4 is 6.16 Å². The lowest BCUT2D eigenvalue weighted by Crippen LogP contribution is -2.19. The maximum absolute atomic E-state index is 12.6. The zero-order chi connectivity index (χ0) is 25.4. The number of nitrogens with zero attached hydrogens (tertiary/aromatic N) is 1. The van der Waals surface area contributed by atoms with Gasteiger partial charge < -0.3 is 28.6 Å². The van der Waals surface area contributed by atoms with Crippen molar-refractivity contribution in [3.8, 4) is 45.4 Å². The lowest BCUT2D eigenvalue weighted by atomic mass is 9.93. The molecule has 1 N–H and O–H groups in total. The van der Waals surface area contributed by atoms with Gasteiger partial charge in [-0.1, -0.05) is 6.92 Å². The molecule has 7 heteroatoms. The van der Waals surface area contributed by atoms with Crippen molar-refractivity contribution in [2.24, 2.45) is 0 Å². The van der Waals surface area contributed by atoms with Crippen LogP contribution < -0.4 is 14.2 Å². The van der Waals surface area contributed by atoms with E-state index in [1.807, 2.05) is 38.1 Å². The van der Waals surface area contributed by atoms with Crippen LogP contribution in [0.25, 0.3) is 22.4 Å². The summed E-state index contributed by atoms with van der Waals surface area (Å²) >= 11 is 0. The van der Waals surface area contributed by atoms with E-state index in [4.69, 9.17) is 18.9 Å². The molecule has 0 spiro atoms. The van der Waals surface area contributed by atoms with E-state index in [0.717, 1.165) is 57.6 Å². The molecule has 1 aliphatic heterocycles. The number of phenols is 1. The lowest BCUT2D eigenvalue weighted by Gasteiger charge is -2.28. The molecule has 2 aromatic carbocycles. The maximum Gasteiger partial charge on any atom is 0.513 e. The van der Waals surface area contributed by atoms with Crippen LogP contribution in [0.5, 0.6) is 23.0 Å². The molecule has 7 nitrogen and oxygen atoms in total. The third-order valence-corrected chi connectivity index (χ3v) is 6.65. The van der Waals surface area contributed by atoms with Crippen LogP contribution >= 0.6 is 0 Å². The second-order valence-electron chi connectivity index (χ2n) is 8.88. The molecule has 35 heavy (non-hydrogen) atoms. The second kappa shape index (κ2) is 9.56. The standard InChI is InChI=1S/C28H33NO6/c1-8-21-24(19-10-15(3)26(30)16(4)11-19)27(35-28(31)34-9-2)25-20-14-23(33-7)22(32-6)13-18(20)12-17(5)29(21)25/h10-11,13-14,17,30H,8-9,12H2,1-7H3. The number of hydrogen-bond acceptors (Lipinski definition) is 6. The van der Waals surface area contributed by atoms with E-state index in [9.17, 15) is 9.90 Å². The Kier molecular flexibility index (Phi) is 6.70. The van der Waals surface area contributed by atoms with Gasteiger partial charge in [0.05, 0.1) is 26.5 Å². The number of hydrogen-bond donors (Lipinski definition) is 1. The summed E-state index contributed by atoms with van der Waals surface area (Å²) in [6.45, 7) is 9.95. The van der Waals surface area contributed by atoms with E-state index in [-0.39, 0.29) is 18.4 Å². The Labute approximate surface area is 206 Å². The van der Waals surface area contributed by atoms with Gasteiger partial charge in [-0.2, -0.15) is 0 Å². The third kappa shape index (κ3) is 4.09. The fourth-order valence-electron chi connectivity index (χ4n) is 5.15. The molecular formula is C28H33NO6. The molecule has 0 saturated carbocycles. The van der Waals surface area contributed by atoms with Crippen molar-refractivity contribution in [1.29, 1.82) is 0 Å². The summed E-state index contributed by atoms with van der Waals surface area (Å²) in [6, 6.07) is 7.92. The maximum atomic E-state index is 12.6. The van der Waals surface area contributed by atoms with E-state index < -0.39 is 6.16 Å². The van der Waals surface area contributed by atoms with Gasteiger partial charge in [0.15, 0.2) is 17.2 Å². The molecule has 0 bridgehead atoms. The Morgan fingerprint density at radius 2 is 1.69 bits per heavy atom. The number of aryl methyl sites for hydroxylation is 2. The van der Waals surface area contributed by atoms with E-state index in [0.29, 0.717) is 17.2 Å². The highest BCUT2D eigenvalue weighted by Crippen LogP contribution is 2.52. The Hall–Kier alpha value is -3.61. The average molecular weight is 480 g/mol. The largest absolute Gasteiger partial charge is 0.513 e. The molecule has 2 heterocycles. The molecule has 1 aliphatic rings. The summed E-state index contributed by atoms with van der Waals surface area (Å²) in [5.74, 6) is 1.97. The lowest BCUT2D eigenvalue weighted by molar-refractivity contribution is 0.104. The summed E-state index contributed by atoms with van der Waals surface area (Å²) in [6.07, 6.45) is 0.758. The highest BCUT2D eigenvalue weighted by molar-refractivity contribution is 5.89. The molecular weight excluding hydrogens is 446 g/mol. The number of rotatable bonds is 6. The van der Waals surface area contributed by atoms with Crippen molar-refractivity contribution in [3.63, 3.8) is 0 Å². The second-order valence-corrected chi connectivity index (χ2v) is 8.88. The van der Waals surface area contributed by atoms with Gasteiger partial charge in [-0.15, -0.1) is 0 Å². The molecule has 186 valence electrons. The first-order chi connectivity index (χ1) is 16.7. The predicted molar refractivity (Wildman–Crippen MR) is 135 cm³/mol. The number of fused-ring (bicyclic) bond motifs is 3. The Bertz CT molecular complexity index is 1270. The summed E-state index contributed by atoms with van der Waals surface area (Å²) < 4.78 is 24.5. The fraction of sp³-hybridized carbons (Fsp3) is 0.393. The van der Waals surface area contributed by atoms with E-state index in [1.165, 1.54) is 0 Å². The predicted octanol–water partition coefficient (Wildman–Crippen LogP) is 6.38. The van der Waals surface area contributed by atoms with Crippen LogP contribution in [0.3, 0.4) is 0 Å². The molecule has 0 fully saturated rings. The van der Waals surface area contributed by atoms with Crippen molar-refractivity contribution in [2.75, 3.05) is 20.8 Å². The average Bonchev–Trinajstić information content (AvgIpc) is 3.16. The van der Waals surface area contributed by atoms with Crippen LogP contribution in [-0.2, 0) is 17.6 Å². The van der Waals surface area contributed by atoms with Crippen LogP contribution in [-0.4, -0.2) is 36.7 Å². The molecule has 0 radical (unpaired) electrons. The molecule has 3 aromatic rings. The van der Waals surface area contributed by atoms with Gasteiger partial charge in [0.1, 0.15) is 5.75 Å². The van der Waals surface area contributed by atoms with Gasteiger partial charge in [-0.05, 0) is 87.1 Å². The number of benzene rings is 2. The van der Waals surface area contributed by atoms with Crippen molar-refractivity contribution in [3.05, 3.63) is 46.6 Å². The number of carbonyl (C=O) groups excluding carboxylic acids is 1. The minimum Gasteiger partial charge on any atom is -0.507 e. The van der Waals surface area contributed by atoms with E-state index in [1.54, 1.807) is 21.1 Å². The minimum absolute atomic E-state index is 0.114. The van der Waals surface area contributed by atoms with Crippen LogP contribution in [0, 0.1) is 13.8 Å². The first-order valence-electron chi connectivity index (χ1n) is 11.9. The first-order valence-corrected chi connectivity index (χ1v) is 11.9. The summed E-state index contributed by atoms with van der Waals surface area (Å²) in [4.78, 5) is 12.6. The number of methoxy groups -OCH3 is 2. The van der Waals surface area contributed by atoms with Crippen molar-refractivity contribution in [1.82, 2.24) is 4.57 Å². The van der Waals surface area contributed by atoms with Crippen molar-refractivity contribution in [2.45, 2.75) is 53.5 Å². The number of aromatic hydroxyl groups is 1. The number of ether oxygens (including phenoxy) is 4. The molecule has 0 amide bonds. The summed E-state index contributed by atoms with van der Waals surface area (Å²) in [5, 5.41) is 10.4. The van der Waals surface area contributed by atoms with Gasteiger partial charge >= 0.3 is 6.16 Å². The summed E-state index contributed by atoms with van der Waals surface area (Å²) in [5.41, 5.74) is 7.09. The molecule has 0 saturated heterocycles. The van der Waals surface area contributed by atoms with Gasteiger partial charge in [-0.3, -0.25) is 0 Å². The highest BCUT2D eigenvalue weighted by atomic mass is 16.7. The SMILES string of the molecule is CCOC(=O)Oc1c(-c2cc(C)c(O)c(C)c2)c(CC)n2c1-c1cc(OC)c(OC)cc1CC2C. The van der Waals surface area contributed by atoms with Crippen LogP contribution in [0.1, 0.15) is 49.2 Å². The van der Waals surface area contributed by atoms with Crippen molar-refractivity contribution < 1.29 is 28.8 Å². The fourth-order valence-corrected chi connectivity index (χ4v) is 5.15. The number of phenolic OH excluding ortho intramolecular Hbond substituents is 1. The summed E-state index contributed by atoms with van der Waals surface area (Å²) in [7, 11) is 3.23. The van der Waals surface area contributed by atoms with Crippen LogP contribution in [0.15, 0.2) is 24.3 Å². The molecule has 4 rings (SSSR count). The van der Waals surface area contributed by atoms with E-state index >= 15 is 0 Å². The smallest absolute Gasteiger partial charge is 0.507 e. The topological polar surface area (TPSA) is 79.2 Å². The third-order valence-electron chi connectivity index (χ3n) is 6.65. The first kappa shape index (κ1) is 24.5. The Morgan fingerprint density at radius 1 is 1.06 bits per heavy atom. The van der Waals surface area contributed by atoms with E-state index in [2.05, 4.69) is 18.4 Å². The monoisotopic (exact) mass is 479 g/mol. The number of carbonyl (C=O) groups is 1. The Balaban J connectivity index is 2.09. The zero-order valence-corrected chi connectivity index (χ0v) is 21.4. The highest BCUT2D eigenvalue weighted by Gasteiger charge is 2.34. The molecule has 1 unspecified atom stereocenters. The molecule has 1 aromatic heterocycles. The minimum atomic E-state index is -0.753. The molecule has 1 atom stereocenters. The normalized spacial score (nSPS) is 14.2. The number of aromatic nitrogens is 1. The van der Waals surface area contributed by atoms with Gasteiger partial charge in [0.25, 0.3) is 0 Å². The Morgan fingerprint density at radius 3 is 2.26 bits per heavy atom. The zero-order valence-electron chi connectivity index (χ0n) is 21.4. The van der Waals surface area contributed by atoms with Crippen LogP contribution in [0.2, 0.25) is 0 Å². The van der Waals surface area contributed by atoms with Gasteiger partial charge in [-0.25, -0.2) is 4.79 Å². The van der Waals surface area contributed by atoms with Crippen LogP contribution in [0.4, 0.5) is 4.79 Å². The van der Waals surface area contributed by atoms with Gasteiger partial charge in [0.2, 0.25) is 0 Å². The quantitative estimate of drug-likeness (QED) is 0.414. The van der Waals surface area contributed by atoms with Gasteiger partial charge in [0, 0.05) is 22.9 Å².